The molecule has 0 aliphatic carbocycles. The average Bonchev–Trinajstić information content (AvgIpc) is 3.01. The summed E-state index contributed by atoms with van der Waals surface area (Å²) in [5.74, 6) is 0. The lowest BCUT2D eigenvalue weighted by molar-refractivity contribution is 0.327. The van der Waals surface area contributed by atoms with Gasteiger partial charge in [0.05, 0.1) is 11.3 Å². The third-order valence-electron chi connectivity index (χ3n) is 3.99. The molecule has 0 aliphatic rings. The number of rotatable bonds is 3. The fourth-order valence-electron chi connectivity index (χ4n) is 2.85. The van der Waals surface area contributed by atoms with Gasteiger partial charge >= 0.3 is 5.63 Å². The number of halogens is 1. The zero-order valence-electron chi connectivity index (χ0n) is 13.2. The van der Waals surface area contributed by atoms with Gasteiger partial charge in [-0.3, -0.25) is 0 Å². The van der Waals surface area contributed by atoms with Gasteiger partial charge in [0.2, 0.25) is 0 Å². The van der Waals surface area contributed by atoms with Gasteiger partial charge in [0.25, 0.3) is 0 Å². The van der Waals surface area contributed by atoms with E-state index in [0.717, 1.165) is 27.0 Å². The van der Waals surface area contributed by atoms with E-state index in [1.54, 1.807) is 4.74 Å². The van der Waals surface area contributed by atoms with Crippen LogP contribution in [-0.4, -0.2) is 4.74 Å². The van der Waals surface area contributed by atoms with Crippen LogP contribution in [0.1, 0.15) is 0 Å². The highest BCUT2D eigenvalue weighted by Gasteiger charge is 2.21. The molecule has 0 unspecified atom stereocenters. The summed E-state index contributed by atoms with van der Waals surface area (Å²) < 4.78 is 8.20. The Bertz CT molecular complexity index is 1050. The van der Waals surface area contributed by atoms with Crippen LogP contribution in [-0.2, 0) is 0 Å². The van der Waals surface area contributed by atoms with Crippen LogP contribution >= 0.6 is 15.9 Å². The first-order valence-electron chi connectivity index (χ1n) is 7.87. The van der Waals surface area contributed by atoms with E-state index >= 15 is 0 Å². The molecule has 0 radical (unpaired) electrons. The molecule has 0 aliphatic heterocycles. The monoisotopic (exact) mass is 391 g/mol. The van der Waals surface area contributed by atoms with Crippen molar-refractivity contribution in [3.63, 3.8) is 0 Å². The van der Waals surface area contributed by atoms with E-state index in [9.17, 15) is 4.79 Å². The molecule has 0 bridgehead atoms. The molecule has 0 saturated carbocycles. The van der Waals surface area contributed by atoms with Crippen molar-refractivity contribution >= 4 is 15.9 Å². The maximum Gasteiger partial charge on any atom is 0.366 e. The van der Waals surface area contributed by atoms with Gasteiger partial charge in [0.15, 0.2) is 0 Å². The molecular formula is C21H14BrNO2. The van der Waals surface area contributed by atoms with Crippen molar-refractivity contribution in [3.8, 4) is 28.1 Å². The van der Waals surface area contributed by atoms with Gasteiger partial charge < -0.3 is 4.52 Å². The van der Waals surface area contributed by atoms with Crippen molar-refractivity contribution in [1.29, 1.82) is 0 Å². The molecule has 0 fully saturated rings. The Morgan fingerprint density at radius 3 is 1.88 bits per heavy atom. The van der Waals surface area contributed by atoms with E-state index < -0.39 is 0 Å². The number of hydrogen-bond acceptors (Lipinski definition) is 2. The summed E-state index contributed by atoms with van der Waals surface area (Å²) in [6.07, 6.45) is 0. The first kappa shape index (κ1) is 15.7. The summed E-state index contributed by atoms with van der Waals surface area (Å²) in [6.45, 7) is 0. The largest absolute Gasteiger partial charge is 0.366 e. The molecule has 0 atom stereocenters. The molecule has 3 aromatic carbocycles. The van der Waals surface area contributed by atoms with Crippen LogP contribution in [0.4, 0.5) is 0 Å². The van der Waals surface area contributed by atoms with E-state index in [1.165, 1.54) is 0 Å². The maximum absolute atomic E-state index is 12.7. The van der Waals surface area contributed by atoms with Gasteiger partial charge in [-0.25, -0.2) is 4.79 Å². The maximum atomic E-state index is 12.7. The molecular weight excluding hydrogens is 378 g/mol. The van der Waals surface area contributed by atoms with Gasteiger partial charge in [0, 0.05) is 10.0 Å². The standard InChI is InChI=1S/C21H14BrNO2/c22-17-11-13-18(14-12-17)23-20(16-9-5-2-6-10-16)19(21(24)25-23)15-7-3-1-4-8-15/h1-14H. The van der Waals surface area contributed by atoms with Crippen molar-refractivity contribution in [2.24, 2.45) is 0 Å². The normalized spacial score (nSPS) is 10.8. The lowest BCUT2D eigenvalue weighted by Crippen LogP contribution is -1.96. The van der Waals surface area contributed by atoms with Crippen LogP contribution in [0.5, 0.6) is 0 Å². The number of aromatic nitrogens is 1. The summed E-state index contributed by atoms with van der Waals surface area (Å²) in [4.78, 5) is 12.7. The fraction of sp³-hybridized carbons (Fsp3) is 0. The Morgan fingerprint density at radius 2 is 1.28 bits per heavy atom. The summed E-state index contributed by atoms with van der Waals surface area (Å²) in [5.41, 5.74) is 3.52. The minimum Gasteiger partial charge on any atom is -0.330 e. The van der Waals surface area contributed by atoms with Gasteiger partial charge in [-0.2, -0.15) is 4.74 Å². The highest BCUT2D eigenvalue weighted by molar-refractivity contribution is 9.10. The molecule has 122 valence electrons. The van der Waals surface area contributed by atoms with E-state index in [-0.39, 0.29) is 5.63 Å². The SMILES string of the molecule is O=c1on(-c2ccc(Br)cc2)c(-c2ccccc2)c1-c1ccccc1. The topological polar surface area (TPSA) is 35.1 Å². The number of nitrogens with zero attached hydrogens (tertiary/aromatic N) is 1. The van der Waals surface area contributed by atoms with Crippen LogP contribution in [0, 0.1) is 0 Å². The summed E-state index contributed by atoms with van der Waals surface area (Å²) in [7, 11) is 0. The summed E-state index contributed by atoms with van der Waals surface area (Å²) in [6, 6.07) is 27.1. The molecule has 4 heteroatoms. The van der Waals surface area contributed by atoms with Crippen LogP contribution in [0.3, 0.4) is 0 Å². The molecule has 0 N–H and O–H groups in total. The number of hydrogen-bond donors (Lipinski definition) is 0. The molecule has 1 heterocycles. The van der Waals surface area contributed by atoms with Crippen LogP contribution < -0.4 is 5.63 Å². The van der Waals surface area contributed by atoms with Crippen LogP contribution in [0.15, 0.2) is 98.7 Å². The minimum atomic E-state index is -0.354. The molecule has 0 saturated heterocycles. The molecule has 1 aromatic heterocycles. The van der Waals surface area contributed by atoms with Crippen molar-refractivity contribution in [2.75, 3.05) is 0 Å². The molecule has 4 rings (SSSR count). The smallest absolute Gasteiger partial charge is 0.330 e. The zero-order chi connectivity index (χ0) is 17.2. The predicted molar refractivity (Wildman–Crippen MR) is 103 cm³/mol. The van der Waals surface area contributed by atoms with Crippen LogP contribution in [0.25, 0.3) is 28.1 Å². The quantitative estimate of drug-likeness (QED) is 0.460. The second-order valence-electron chi connectivity index (χ2n) is 5.61. The zero-order valence-corrected chi connectivity index (χ0v) is 14.8. The van der Waals surface area contributed by atoms with Gasteiger partial charge in [-0.1, -0.05) is 76.6 Å². The Balaban J connectivity index is 2.03. The lowest BCUT2D eigenvalue weighted by Gasteiger charge is -2.09. The van der Waals surface area contributed by atoms with Crippen molar-refractivity contribution in [3.05, 3.63) is 99.8 Å². The molecule has 0 spiro atoms. The second kappa shape index (κ2) is 6.57. The number of benzene rings is 3. The van der Waals surface area contributed by atoms with Crippen LogP contribution in [0.2, 0.25) is 0 Å². The third-order valence-corrected chi connectivity index (χ3v) is 4.52. The van der Waals surface area contributed by atoms with Crippen molar-refractivity contribution in [1.82, 2.24) is 4.74 Å². The highest BCUT2D eigenvalue weighted by Crippen LogP contribution is 2.32. The minimum absolute atomic E-state index is 0.354. The van der Waals surface area contributed by atoms with Crippen molar-refractivity contribution < 1.29 is 4.52 Å². The van der Waals surface area contributed by atoms with Crippen molar-refractivity contribution in [2.45, 2.75) is 0 Å². The van der Waals surface area contributed by atoms with Gasteiger partial charge in [0.1, 0.15) is 5.69 Å². The van der Waals surface area contributed by atoms with E-state index in [2.05, 4.69) is 15.9 Å². The molecule has 4 aromatic rings. The Hall–Kier alpha value is -2.85. The lowest BCUT2D eigenvalue weighted by atomic mass is 10.0. The first-order chi connectivity index (χ1) is 12.2. The summed E-state index contributed by atoms with van der Waals surface area (Å²) >= 11 is 3.44. The Morgan fingerprint density at radius 1 is 0.720 bits per heavy atom. The predicted octanol–water partition coefficient (Wildman–Crippen LogP) is 5.53. The first-order valence-corrected chi connectivity index (χ1v) is 8.66. The van der Waals surface area contributed by atoms with E-state index in [0.29, 0.717) is 5.56 Å². The van der Waals surface area contributed by atoms with E-state index in [4.69, 9.17) is 4.52 Å². The fourth-order valence-corrected chi connectivity index (χ4v) is 3.11. The summed E-state index contributed by atoms with van der Waals surface area (Å²) in [5, 5.41) is 0. The molecule has 3 nitrogen and oxygen atoms in total. The van der Waals surface area contributed by atoms with Gasteiger partial charge in [-0.05, 0) is 29.8 Å². The highest BCUT2D eigenvalue weighted by atomic mass is 79.9. The van der Waals surface area contributed by atoms with E-state index in [1.807, 2.05) is 84.9 Å². The Labute approximate surface area is 153 Å². The van der Waals surface area contributed by atoms with Gasteiger partial charge in [-0.15, -0.1) is 0 Å². The Kier molecular flexibility index (Phi) is 4.12. The third kappa shape index (κ3) is 2.96. The second-order valence-corrected chi connectivity index (χ2v) is 6.52. The average molecular weight is 392 g/mol. The molecule has 25 heavy (non-hydrogen) atoms. The molecule has 0 amide bonds.